The molecular weight excluding hydrogens is 426 g/mol. The molecule has 3 rings (SSSR count). The zero-order valence-corrected chi connectivity index (χ0v) is 18.5. The van der Waals surface area contributed by atoms with Crippen LogP contribution in [0.5, 0.6) is 11.5 Å². The summed E-state index contributed by atoms with van der Waals surface area (Å²) in [4.78, 5) is 29.9. The quantitative estimate of drug-likeness (QED) is 0.411. The van der Waals surface area contributed by atoms with E-state index in [0.717, 1.165) is 6.42 Å². The van der Waals surface area contributed by atoms with E-state index in [1.807, 2.05) is 6.92 Å². The lowest BCUT2D eigenvalue weighted by Crippen LogP contribution is -2.24. The summed E-state index contributed by atoms with van der Waals surface area (Å²) in [5.74, 6) is 0.991. The number of halogens is 1. The number of fused-ring (bicyclic) bond motifs is 1. The average Bonchev–Trinajstić information content (AvgIpc) is 2.74. The minimum atomic E-state index is -0.237. The maximum Gasteiger partial charge on any atom is 0.262 e. The minimum Gasteiger partial charge on any atom is -0.497 e. The number of amides is 1. The van der Waals surface area contributed by atoms with Crippen molar-refractivity contribution in [3.63, 3.8) is 0 Å². The first kappa shape index (κ1) is 22.0. The SMILES string of the molecule is CCCn1c(SCC(=O)Nc2cc(OC)cc(OC)c2)nc2cc(Cl)ccc2c1=O. The number of hydrogen-bond donors (Lipinski definition) is 1. The highest BCUT2D eigenvalue weighted by molar-refractivity contribution is 7.99. The van der Waals surface area contributed by atoms with Crippen molar-refractivity contribution in [3.8, 4) is 11.5 Å². The molecule has 1 aromatic heterocycles. The van der Waals surface area contributed by atoms with Crippen LogP contribution in [0.4, 0.5) is 5.69 Å². The zero-order chi connectivity index (χ0) is 21.7. The number of nitrogens with one attached hydrogen (secondary N) is 1. The summed E-state index contributed by atoms with van der Waals surface area (Å²) in [6.07, 6.45) is 0.768. The molecule has 0 radical (unpaired) electrons. The summed E-state index contributed by atoms with van der Waals surface area (Å²) < 4.78 is 12.0. The number of methoxy groups -OCH3 is 2. The zero-order valence-electron chi connectivity index (χ0n) is 16.9. The highest BCUT2D eigenvalue weighted by atomic mass is 35.5. The monoisotopic (exact) mass is 447 g/mol. The summed E-state index contributed by atoms with van der Waals surface area (Å²) >= 11 is 7.25. The van der Waals surface area contributed by atoms with Gasteiger partial charge in [0.05, 0.1) is 30.9 Å². The Morgan fingerprint density at radius 3 is 2.50 bits per heavy atom. The van der Waals surface area contributed by atoms with Gasteiger partial charge in [0.1, 0.15) is 11.5 Å². The van der Waals surface area contributed by atoms with Crippen LogP contribution in [0.2, 0.25) is 5.02 Å². The van der Waals surface area contributed by atoms with E-state index in [0.29, 0.717) is 44.8 Å². The van der Waals surface area contributed by atoms with Crippen molar-refractivity contribution in [1.82, 2.24) is 9.55 Å². The van der Waals surface area contributed by atoms with Crippen molar-refractivity contribution in [2.24, 2.45) is 0 Å². The summed E-state index contributed by atoms with van der Waals surface area (Å²) in [5.41, 5.74) is 0.931. The number of benzene rings is 2. The normalized spacial score (nSPS) is 10.8. The van der Waals surface area contributed by atoms with E-state index in [4.69, 9.17) is 21.1 Å². The van der Waals surface area contributed by atoms with Crippen molar-refractivity contribution >= 4 is 45.9 Å². The average molecular weight is 448 g/mol. The van der Waals surface area contributed by atoms with Crippen LogP contribution < -0.4 is 20.3 Å². The summed E-state index contributed by atoms with van der Waals surface area (Å²) in [6, 6.07) is 10.1. The third-order valence-corrected chi connectivity index (χ3v) is 5.51. The molecule has 0 unspecified atom stereocenters. The van der Waals surface area contributed by atoms with E-state index in [1.165, 1.54) is 11.8 Å². The predicted octanol–water partition coefficient (Wildman–Crippen LogP) is 4.21. The van der Waals surface area contributed by atoms with Crippen LogP contribution in [-0.2, 0) is 11.3 Å². The van der Waals surface area contributed by atoms with Crippen molar-refractivity contribution < 1.29 is 14.3 Å². The topological polar surface area (TPSA) is 82.5 Å². The minimum absolute atomic E-state index is 0.0851. The number of rotatable bonds is 8. The second kappa shape index (κ2) is 9.86. The molecular formula is C21H22ClN3O4S. The molecule has 0 aliphatic rings. The van der Waals surface area contributed by atoms with Gasteiger partial charge in [-0.3, -0.25) is 14.2 Å². The Balaban J connectivity index is 1.81. The number of carbonyl (C=O) groups is 1. The summed E-state index contributed by atoms with van der Waals surface area (Å²) in [6.45, 7) is 2.50. The van der Waals surface area contributed by atoms with Crippen LogP contribution in [0.25, 0.3) is 10.9 Å². The molecule has 1 heterocycles. The Hall–Kier alpha value is -2.71. The van der Waals surface area contributed by atoms with Crippen LogP contribution in [-0.4, -0.2) is 35.4 Å². The lowest BCUT2D eigenvalue weighted by atomic mass is 10.2. The highest BCUT2D eigenvalue weighted by Gasteiger charge is 2.14. The fourth-order valence-corrected chi connectivity index (χ4v) is 3.90. The molecule has 0 atom stereocenters. The Morgan fingerprint density at radius 2 is 1.87 bits per heavy atom. The molecule has 3 aromatic rings. The number of hydrogen-bond acceptors (Lipinski definition) is 6. The fourth-order valence-electron chi connectivity index (χ4n) is 2.91. The van der Waals surface area contributed by atoms with E-state index in [2.05, 4.69) is 10.3 Å². The Morgan fingerprint density at radius 1 is 1.17 bits per heavy atom. The van der Waals surface area contributed by atoms with Crippen LogP contribution in [0, 0.1) is 0 Å². The number of carbonyl (C=O) groups excluding carboxylic acids is 1. The van der Waals surface area contributed by atoms with Gasteiger partial charge in [-0.25, -0.2) is 4.98 Å². The summed E-state index contributed by atoms with van der Waals surface area (Å²) in [7, 11) is 3.09. The van der Waals surface area contributed by atoms with E-state index in [1.54, 1.807) is 55.2 Å². The standard InChI is InChI=1S/C21H22ClN3O4S/c1-4-7-25-20(27)17-6-5-13(22)8-18(17)24-21(25)30-12-19(26)23-14-9-15(28-2)11-16(10-14)29-3/h5-6,8-11H,4,7,12H2,1-3H3,(H,23,26). The molecule has 1 N–H and O–H groups in total. The fraction of sp³-hybridized carbons (Fsp3) is 0.286. The Bertz CT molecular complexity index is 1110. The molecule has 2 aromatic carbocycles. The van der Waals surface area contributed by atoms with Gasteiger partial charge in [0, 0.05) is 35.5 Å². The van der Waals surface area contributed by atoms with Gasteiger partial charge in [-0.05, 0) is 24.6 Å². The van der Waals surface area contributed by atoms with Crippen molar-refractivity contribution in [3.05, 3.63) is 51.8 Å². The van der Waals surface area contributed by atoms with Gasteiger partial charge >= 0.3 is 0 Å². The molecule has 0 aliphatic carbocycles. The first-order chi connectivity index (χ1) is 14.4. The molecule has 1 amide bonds. The number of nitrogens with zero attached hydrogens (tertiary/aromatic N) is 2. The van der Waals surface area contributed by atoms with Gasteiger partial charge in [0.2, 0.25) is 5.91 Å². The third-order valence-electron chi connectivity index (χ3n) is 4.30. The third kappa shape index (κ3) is 5.06. The lowest BCUT2D eigenvalue weighted by Gasteiger charge is -2.13. The molecule has 0 aliphatic heterocycles. The van der Waals surface area contributed by atoms with Crippen molar-refractivity contribution in [2.75, 3.05) is 25.3 Å². The molecule has 0 saturated heterocycles. The van der Waals surface area contributed by atoms with Gasteiger partial charge in [0.25, 0.3) is 5.56 Å². The maximum atomic E-state index is 12.9. The molecule has 7 nitrogen and oxygen atoms in total. The Kier molecular flexibility index (Phi) is 7.23. The van der Waals surface area contributed by atoms with Crippen LogP contribution >= 0.6 is 23.4 Å². The molecule has 9 heteroatoms. The van der Waals surface area contributed by atoms with Crippen LogP contribution in [0.3, 0.4) is 0 Å². The van der Waals surface area contributed by atoms with Gasteiger partial charge < -0.3 is 14.8 Å². The number of aromatic nitrogens is 2. The predicted molar refractivity (Wildman–Crippen MR) is 120 cm³/mol. The number of thioether (sulfide) groups is 1. The van der Waals surface area contributed by atoms with E-state index >= 15 is 0 Å². The van der Waals surface area contributed by atoms with Gasteiger partial charge in [-0.2, -0.15) is 0 Å². The molecule has 0 fully saturated rings. The highest BCUT2D eigenvalue weighted by Crippen LogP contribution is 2.26. The van der Waals surface area contributed by atoms with Crippen LogP contribution in [0.15, 0.2) is 46.3 Å². The summed E-state index contributed by atoms with van der Waals surface area (Å²) in [5, 5.41) is 4.31. The van der Waals surface area contributed by atoms with Gasteiger partial charge in [-0.15, -0.1) is 0 Å². The van der Waals surface area contributed by atoms with Crippen molar-refractivity contribution in [1.29, 1.82) is 0 Å². The molecule has 30 heavy (non-hydrogen) atoms. The number of anilines is 1. The molecule has 0 bridgehead atoms. The number of ether oxygens (including phenoxy) is 2. The van der Waals surface area contributed by atoms with Crippen molar-refractivity contribution in [2.45, 2.75) is 25.0 Å². The first-order valence-electron chi connectivity index (χ1n) is 9.31. The maximum absolute atomic E-state index is 12.9. The first-order valence-corrected chi connectivity index (χ1v) is 10.7. The molecule has 158 valence electrons. The van der Waals surface area contributed by atoms with Gasteiger partial charge in [0.15, 0.2) is 5.16 Å². The van der Waals surface area contributed by atoms with Crippen LogP contribution in [0.1, 0.15) is 13.3 Å². The smallest absolute Gasteiger partial charge is 0.262 e. The van der Waals surface area contributed by atoms with Gasteiger partial charge in [-0.1, -0.05) is 30.3 Å². The lowest BCUT2D eigenvalue weighted by molar-refractivity contribution is -0.113. The van der Waals surface area contributed by atoms with E-state index in [-0.39, 0.29) is 17.2 Å². The molecule has 0 spiro atoms. The van der Waals surface area contributed by atoms with E-state index in [9.17, 15) is 9.59 Å². The second-order valence-corrected chi connectivity index (χ2v) is 7.83. The van der Waals surface area contributed by atoms with E-state index < -0.39 is 0 Å². The second-order valence-electron chi connectivity index (χ2n) is 6.45. The Labute approximate surface area is 183 Å². The molecule has 0 saturated carbocycles. The largest absolute Gasteiger partial charge is 0.497 e.